The van der Waals surface area contributed by atoms with Gasteiger partial charge in [0.15, 0.2) is 0 Å². The summed E-state index contributed by atoms with van der Waals surface area (Å²) in [5.74, 6) is 1.79. The van der Waals surface area contributed by atoms with Gasteiger partial charge in [0.1, 0.15) is 23.6 Å². The molecule has 1 saturated carbocycles. The number of nitrogens with two attached hydrogens (primary N) is 2. The van der Waals surface area contributed by atoms with E-state index in [1.165, 1.54) is 48.2 Å². The first-order chi connectivity index (χ1) is 16.7. The summed E-state index contributed by atoms with van der Waals surface area (Å²) < 4.78 is 0. The highest BCUT2D eigenvalue weighted by Crippen LogP contribution is 2.44. The largest absolute Gasteiger partial charge is 0.345 e. The lowest BCUT2D eigenvalue weighted by atomic mass is 9.71. The van der Waals surface area contributed by atoms with Gasteiger partial charge in [-0.15, -0.1) is 11.3 Å². The molecule has 1 spiro atoms. The fraction of sp³-hybridized carbons (Fsp3) is 0.643. The van der Waals surface area contributed by atoms with Gasteiger partial charge in [-0.3, -0.25) is 4.79 Å². The average molecular weight is 481 g/mol. The summed E-state index contributed by atoms with van der Waals surface area (Å²) in [5.41, 5.74) is 2.67. The zero-order valence-electron chi connectivity index (χ0n) is 20.5. The smallest absolute Gasteiger partial charge is 0.233 e. The quantitative estimate of drug-likeness (QED) is 0.708. The number of rotatable bonds is 3. The Labute approximate surface area is 207 Å². The number of fused-ring (bicyclic) bond motifs is 2. The maximum atomic E-state index is 14.5. The molecule has 1 aromatic heterocycles. The second-order valence-electron chi connectivity index (χ2n) is 11.3. The van der Waals surface area contributed by atoms with E-state index in [0.717, 1.165) is 50.6 Å². The van der Waals surface area contributed by atoms with Crippen molar-refractivity contribution in [2.75, 3.05) is 26.2 Å². The molecule has 3 aliphatic heterocycles. The number of carbonyl (C=O) groups excluding carboxylic acids is 1. The molecule has 4 N–H and O–H groups in total. The third kappa shape index (κ3) is 3.92. The SMILES string of the molecule is Cc1nc2c(s1)[C@]1(C[NH2+]C2)C[NH2+]CC1C(=O)N1CC[C@@H](c2ccccc2)C[C@H]1C1CCCCC1. The summed E-state index contributed by atoms with van der Waals surface area (Å²) in [6.45, 7) is 7.00. The summed E-state index contributed by atoms with van der Waals surface area (Å²) in [5, 5.41) is 5.97. The van der Waals surface area contributed by atoms with Crippen LogP contribution < -0.4 is 10.6 Å². The zero-order chi connectivity index (χ0) is 23.1. The number of thiazole rings is 1. The molecular weight excluding hydrogens is 440 g/mol. The van der Waals surface area contributed by atoms with Crippen molar-refractivity contribution in [3.8, 4) is 0 Å². The molecule has 1 aliphatic carbocycles. The molecule has 3 fully saturated rings. The summed E-state index contributed by atoms with van der Waals surface area (Å²) >= 11 is 1.86. The van der Waals surface area contributed by atoms with E-state index in [1.54, 1.807) is 0 Å². The Kier molecular flexibility index (Phi) is 6.25. The summed E-state index contributed by atoms with van der Waals surface area (Å²) in [6.07, 6.45) is 8.86. The molecule has 0 radical (unpaired) electrons. The average Bonchev–Trinajstić information content (AvgIpc) is 3.48. The molecule has 4 aliphatic rings. The van der Waals surface area contributed by atoms with Gasteiger partial charge in [-0.25, -0.2) is 4.98 Å². The minimum absolute atomic E-state index is 0.0377. The van der Waals surface area contributed by atoms with Gasteiger partial charge in [-0.2, -0.15) is 0 Å². The summed E-state index contributed by atoms with van der Waals surface area (Å²) in [7, 11) is 0. The Morgan fingerprint density at radius 1 is 1.09 bits per heavy atom. The van der Waals surface area contributed by atoms with Crippen molar-refractivity contribution in [1.29, 1.82) is 0 Å². The van der Waals surface area contributed by atoms with Gasteiger partial charge in [-0.1, -0.05) is 49.6 Å². The van der Waals surface area contributed by atoms with Crippen molar-refractivity contribution in [1.82, 2.24) is 9.88 Å². The van der Waals surface area contributed by atoms with Crippen LogP contribution in [-0.2, 0) is 16.8 Å². The molecule has 4 heterocycles. The monoisotopic (exact) mass is 480 g/mol. The Morgan fingerprint density at radius 2 is 1.88 bits per heavy atom. The molecule has 1 unspecified atom stereocenters. The number of carbonyl (C=O) groups is 1. The standard InChI is InChI=1S/C28H38N4OS/c1-19-31-24-16-30-18-28(26(24)34-19)17-29-15-23(28)27(33)32-13-12-22(20-8-4-2-5-9-20)14-25(32)21-10-6-3-7-11-21/h2,4-5,8-9,21-23,25,29-30H,3,6-7,10-18H2,1H3/p+2/t22-,23?,25+,28+/m1/s1. The second kappa shape index (κ2) is 9.36. The molecule has 34 heavy (non-hydrogen) atoms. The van der Waals surface area contributed by atoms with Crippen molar-refractivity contribution >= 4 is 17.2 Å². The van der Waals surface area contributed by atoms with E-state index in [4.69, 9.17) is 4.98 Å². The highest BCUT2D eigenvalue weighted by atomic mass is 32.1. The normalized spacial score (nSPS) is 32.1. The molecule has 2 saturated heterocycles. The van der Waals surface area contributed by atoms with Gasteiger partial charge in [0.05, 0.1) is 29.5 Å². The fourth-order valence-electron chi connectivity index (χ4n) is 7.71. The van der Waals surface area contributed by atoms with E-state index in [1.807, 2.05) is 11.3 Å². The maximum absolute atomic E-state index is 14.5. The van der Waals surface area contributed by atoms with Crippen LogP contribution in [0.5, 0.6) is 0 Å². The lowest BCUT2D eigenvalue weighted by Gasteiger charge is -2.46. The van der Waals surface area contributed by atoms with Crippen molar-refractivity contribution in [2.45, 2.75) is 75.8 Å². The van der Waals surface area contributed by atoms with Crippen LogP contribution >= 0.6 is 11.3 Å². The highest BCUT2D eigenvalue weighted by molar-refractivity contribution is 7.11. The van der Waals surface area contributed by atoms with Crippen molar-refractivity contribution in [2.24, 2.45) is 11.8 Å². The first-order valence-electron chi connectivity index (χ1n) is 13.6. The Bertz CT molecular complexity index is 1020. The molecule has 0 bridgehead atoms. The number of aryl methyl sites for hydroxylation is 1. The predicted octanol–water partition coefficient (Wildman–Crippen LogP) is 2.31. The third-order valence-corrected chi connectivity index (χ3v) is 10.6. The number of hydrogen-bond donors (Lipinski definition) is 2. The van der Waals surface area contributed by atoms with E-state index < -0.39 is 0 Å². The number of quaternary nitrogens is 2. The van der Waals surface area contributed by atoms with Crippen LogP contribution in [0.2, 0.25) is 0 Å². The number of hydrogen-bond acceptors (Lipinski definition) is 3. The van der Waals surface area contributed by atoms with Gasteiger partial charge in [-0.05, 0) is 50.0 Å². The van der Waals surface area contributed by atoms with Crippen LogP contribution in [0.15, 0.2) is 30.3 Å². The molecule has 182 valence electrons. The van der Waals surface area contributed by atoms with Crippen LogP contribution in [-0.4, -0.2) is 48.0 Å². The van der Waals surface area contributed by atoms with Crippen molar-refractivity contribution < 1.29 is 15.4 Å². The third-order valence-electron chi connectivity index (χ3n) is 9.37. The van der Waals surface area contributed by atoms with Gasteiger partial charge < -0.3 is 15.5 Å². The van der Waals surface area contributed by atoms with Crippen molar-refractivity contribution in [3.63, 3.8) is 0 Å². The fourth-order valence-corrected chi connectivity index (χ4v) is 8.92. The molecule has 2 aromatic rings. The highest BCUT2D eigenvalue weighted by Gasteiger charge is 2.58. The maximum Gasteiger partial charge on any atom is 0.233 e. The van der Waals surface area contributed by atoms with Crippen LogP contribution in [0.1, 0.15) is 72.0 Å². The van der Waals surface area contributed by atoms with Crippen LogP contribution in [0.4, 0.5) is 0 Å². The number of piperidine rings is 1. The molecule has 5 nitrogen and oxygen atoms in total. The van der Waals surface area contributed by atoms with Crippen LogP contribution in [0, 0.1) is 18.8 Å². The summed E-state index contributed by atoms with van der Waals surface area (Å²) in [6, 6.07) is 11.5. The van der Waals surface area contributed by atoms with Crippen molar-refractivity contribution in [3.05, 3.63) is 51.5 Å². The van der Waals surface area contributed by atoms with E-state index in [0.29, 0.717) is 23.8 Å². The number of benzene rings is 1. The second-order valence-corrected chi connectivity index (χ2v) is 12.5. The first-order valence-corrected chi connectivity index (χ1v) is 14.4. The molecule has 1 amide bonds. The molecule has 6 heteroatoms. The molecule has 1 aromatic carbocycles. The lowest BCUT2D eigenvalue weighted by Crippen LogP contribution is -2.91. The van der Waals surface area contributed by atoms with Gasteiger partial charge in [0, 0.05) is 12.6 Å². The Balaban J connectivity index is 1.30. The van der Waals surface area contributed by atoms with E-state index in [2.05, 4.69) is 52.8 Å². The predicted molar refractivity (Wildman–Crippen MR) is 135 cm³/mol. The van der Waals surface area contributed by atoms with Crippen LogP contribution in [0.3, 0.4) is 0 Å². The number of amides is 1. The molecular formula is C28H40N4OS+2. The minimum atomic E-state index is -0.0377. The first kappa shape index (κ1) is 22.7. The minimum Gasteiger partial charge on any atom is -0.345 e. The lowest BCUT2D eigenvalue weighted by molar-refractivity contribution is -0.691. The van der Waals surface area contributed by atoms with Gasteiger partial charge >= 0.3 is 0 Å². The Hall–Kier alpha value is -1.76. The zero-order valence-corrected chi connectivity index (χ0v) is 21.4. The topological polar surface area (TPSA) is 66.4 Å². The molecule has 6 rings (SSSR count). The summed E-state index contributed by atoms with van der Waals surface area (Å²) in [4.78, 5) is 23.1. The van der Waals surface area contributed by atoms with E-state index in [-0.39, 0.29) is 11.3 Å². The van der Waals surface area contributed by atoms with E-state index in [9.17, 15) is 4.79 Å². The number of likely N-dealkylation sites (tertiary alicyclic amines) is 1. The van der Waals surface area contributed by atoms with Gasteiger partial charge in [0.2, 0.25) is 5.91 Å². The number of nitrogens with zero attached hydrogens (tertiary/aromatic N) is 2. The van der Waals surface area contributed by atoms with Crippen LogP contribution in [0.25, 0.3) is 0 Å². The molecule has 4 atom stereocenters. The van der Waals surface area contributed by atoms with Gasteiger partial charge in [0.25, 0.3) is 0 Å². The Morgan fingerprint density at radius 3 is 2.71 bits per heavy atom. The number of aromatic nitrogens is 1. The van der Waals surface area contributed by atoms with E-state index >= 15 is 0 Å².